The SMILES string of the molecule is O=C(C1=CC=CC=CO1)C1=CC=CC=CO1. The number of carbonyl (C=O) groups excluding carboxylic acids is 1. The van der Waals surface area contributed by atoms with Gasteiger partial charge in [0.1, 0.15) is 0 Å². The van der Waals surface area contributed by atoms with Gasteiger partial charge < -0.3 is 9.47 Å². The highest BCUT2D eigenvalue weighted by Crippen LogP contribution is 2.13. The Morgan fingerprint density at radius 3 is 1.75 bits per heavy atom. The van der Waals surface area contributed by atoms with Crippen LogP contribution in [0, 0.1) is 0 Å². The van der Waals surface area contributed by atoms with E-state index in [1.54, 1.807) is 48.6 Å². The first-order valence-corrected chi connectivity index (χ1v) is 4.83. The summed E-state index contributed by atoms with van der Waals surface area (Å²) in [5.41, 5.74) is 0. The highest BCUT2D eigenvalue weighted by atomic mass is 16.5. The number of Topliss-reactive ketones (excluding diaryl/α,β-unsaturated/α-hetero) is 1. The molecule has 2 aliphatic heterocycles. The van der Waals surface area contributed by atoms with E-state index in [0.29, 0.717) is 0 Å². The molecule has 0 radical (unpaired) electrons. The minimum Gasteiger partial charge on any atom is -0.461 e. The summed E-state index contributed by atoms with van der Waals surface area (Å²) in [7, 11) is 0. The van der Waals surface area contributed by atoms with Gasteiger partial charge >= 0.3 is 0 Å². The fourth-order valence-electron chi connectivity index (χ4n) is 1.19. The van der Waals surface area contributed by atoms with Gasteiger partial charge in [-0.2, -0.15) is 0 Å². The molecular formula is C13H10O3. The van der Waals surface area contributed by atoms with Crippen LogP contribution in [0.4, 0.5) is 0 Å². The monoisotopic (exact) mass is 214 g/mol. The van der Waals surface area contributed by atoms with Crippen molar-refractivity contribution in [2.45, 2.75) is 0 Å². The number of rotatable bonds is 2. The van der Waals surface area contributed by atoms with Crippen LogP contribution >= 0.6 is 0 Å². The first kappa shape index (κ1) is 10.2. The Morgan fingerprint density at radius 1 is 0.750 bits per heavy atom. The minimum absolute atomic E-state index is 0.236. The van der Waals surface area contributed by atoms with Crippen LogP contribution in [0.3, 0.4) is 0 Å². The van der Waals surface area contributed by atoms with Gasteiger partial charge in [0, 0.05) is 0 Å². The lowest BCUT2D eigenvalue weighted by atomic mass is 10.2. The number of hydrogen-bond donors (Lipinski definition) is 0. The second kappa shape index (κ2) is 4.98. The van der Waals surface area contributed by atoms with Crippen molar-refractivity contribution in [2.75, 3.05) is 0 Å². The molecule has 3 heteroatoms. The van der Waals surface area contributed by atoms with Gasteiger partial charge in [-0.05, 0) is 24.3 Å². The largest absolute Gasteiger partial charge is 0.461 e. The predicted octanol–water partition coefficient (Wildman–Crippen LogP) is 2.52. The van der Waals surface area contributed by atoms with Crippen LogP contribution in [0.25, 0.3) is 0 Å². The Bertz CT molecular complexity index is 418. The number of ketones is 1. The summed E-state index contributed by atoms with van der Waals surface area (Å²) in [5.74, 6) is 0.187. The van der Waals surface area contributed by atoms with Crippen LogP contribution in [-0.4, -0.2) is 5.78 Å². The van der Waals surface area contributed by atoms with Gasteiger partial charge in [0.25, 0.3) is 5.78 Å². The molecule has 0 fully saturated rings. The van der Waals surface area contributed by atoms with Gasteiger partial charge in [0.15, 0.2) is 11.5 Å². The Hall–Kier alpha value is -2.29. The second-order valence-corrected chi connectivity index (χ2v) is 3.05. The molecule has 3 nitrogen and oxygen atoms in total. The molecule has 2 rings (SSSR count). The van der Waals surface area contributed by atoms with Gasteiger partial charge in [-0.3, -0.25) is 4.79 Å². The van der Waals surface area contributed by atoms with Crippen LogP contribution in [0.2, 0.25) is 0 Å². The molecule has 2 aliphatic rings. The molecule has 0 unspecified atom stereocenters. The van der Waals surface area contributed by atoms with E-state index in [4.69, 9.17) is 9.47 Å². The van der Waals surface area contributed by atoms with Crippen LogP contribution in [0.5, 0.6) is 0 Å². The standard InChI is InChI=1S/C13H10O3/c14-13(11-7-3-1-5-9-15-11)12-8-4-2-6-10-16-12/h1-10H. The summed E-state index contributed by atoms with van der Waals surface area (Å²) in [6.07, 6.45) is 16.6. The molecule has 0 atom stereocenters. The summed E-state index contributed by atoms with van der Waals surface area (Å²) >= 11 is 0. The van der Waals surface area contributed by atoms with E-state index in [1.807, 2.05) is 0 Å². The van der Waals surface area contributed by atoms with E-state index >= 15 is 0 Å². The molecule has 16 heavy (non-hydrogen) atoms. The summed E-state index contributed by atoms with van der Waals surface area (Å²) in [6, 6.07) is 0. The Balaban J connectivity index is 2.19. The van der Waals surface area contributed by atoms with E-state index < -0.39 is 0 Å². The van der Waals surface area contributed by atoms with Crippen molar-refractivity contribution in [2.24, 2.45) is 0 Å². The molecule has 0 aromatic carbocycles. The van der Waals surface area contributed by atoms with Crippen molar-refractivity contribution >= 4 is 5.78 Å². The molecule has 0 spiro atoms. The zero-order valence-electron chi connectivity index (χ0n) is 8.50. The lowest BCUT2D eigenvalue weighted by Gasteiger charge is -2.06. The predicted molar refractivity (Wildman–Crippen MR) is 59.9 cm³/mol. The molecular weight excluding hydrogens is 204 g/mol. The smallest absolute Gasteiger partial charge is 0.263 e. The molecule has 0 aromatic heterocycles. The molecule has 80 valence electrons. The topological polar surface area (TPSA) is 35.5 Å². The number of allylic oxidation sites excluding steroid dienone is 8. The number of ether oxygens (including phenoxy) is 2. The summed E-state index contributed by atoms with van der Waals surface area (Å²) in [5, 5.41) is 0. The first-order chi connectivity index (χ1) is 7.88. The third-order valence-electron chi connectivity index (χ3n) is 1.93. The van der Waals surface area contributed by atoms with E-state index in [1.165, 1.54) is 12.5 Å². The van der Waals surface area contributed by atoms with Crippen LogP contribution < -0.4 is 0 Å². The van der Waals surface area contributed by atoms with Crippen molar-refractivity contribution in [3.05, 3.63) is 72.7 Å². The fraction of sp³-hybridized carbons (Fsp3) is 0. The van der Waals surface area contributed by atoms with Crippen molar-refractivity contribution in [3.8, 4) is 0 Å². The third-order valence-corrected chi connectivity index (χ3v) is 1.93. The normalized spacial score (nSPS) is 17.8. The van der Waals surface area contributed by atoms with Gasteiger partial charge in [0.05, 0.1) is 12.5 Å². The first-order valence-electron chi connectivity index (χ1n) is 4.83. The molecule has 0 bridgehead atoms. The van der Waals surface area contributed by atoms with E-state index in [0.717, 1.165) is 0 Å². The van der Waals surface area contributed by atoms with Crippen molar-refractivity contribution < 1.29 is 14.3 Å². The lowest BCUT2D eigenvalue weighted by molar-refractivity contribution is -0.117. The number of carbonyl (C=O) groups is 1. The fourth-order valence-corrected chi connectivity index (χ4v) is 1.19. The maximum Gasteiger partial charge on any atom is 0.263 e. The average molecular weight is 214 g/mol. The molecule has 0 aromatic rings. The summed E-state index contributed by atoms with van der Waals surface area (Å²) in [6.45, 7) is 0. The maximum atomic E-state index is 11.9. The van der Waals surface area contributed by atoms with Crippen molar-refractivity contribution in [1.82, 2.24) is 0 Å². The van der Waals surface area contributed by atoms with E-state index in [2.05, 4.69) is 0 Å². The van der Waals surface area contributed by atoms with Gasteiger partial charge in [0.2, 0.25) is 0 Å². The molecule has 0 saturated heterocycles. The summed E-state index contributed by atoms with van der Waals surface area (Å²) < 4.78 is 10.3. The van der Waals surface area contributed by atoms with E-state index in [-0.39, 0.29) is 17.3 Å². The van der Waals surface area contributed by atoms with Gasteiger partial charge in [-0.25, -0.2) is 0 Å². The van der Waals surface area contributed by atoms with Crippen LogP contribution in [-0.2, 0) is 14.3 Å². The van der Waals surface area contributed by atoms with Crippen LogP contribution in [0.1, 0.15) is 0 Å². The minimum atomic E-state index is -0.285. The second-order valence-electron chi connectivity index (χ2n) is 3.05. The summed E-state index contributed by atoms with van der Waals surface area (Å²) in [4.78, 5) is 11.9. The van der Waals surface area contributed by atoms with Gasteiger partial charge in [-0.15, -0.1) is 0 Å². The lowest BCUT2D eigenvalue weighted by Crippen LogP contribution is -2.08. The van der Waals surface area contributed by atoms with Crippen LogP contribution in [0.15, 0.2) is 72.7 Å². The van der Waals surface area contributed by atoms with E-state index in [9.17, 15) is 4.79 Å². The highest BCUT2D eigenvalue weighted by Gasteiger charge is 2.17. The quantitative estimate of drug-likeness (QED) is 0.708. The molecule has 2 heterocycles. The zero-order chi connectivity index (χ0) is 11.2. The Labute approximate surface area is 93.4 Å². The molecule has 0 aliphatic carbocycles. The zero-order valence-corrected chi connectivity index (χ0v) is 8.50. The van der Waals surface area contributed by atoms with Crippen molar-refractivity contribution in [1.29, 1.82) is 0 Å². The highest BCUT2D eigenvalue weighted by molar-refractivity contribution is 6.05. The molecule has 0 N–H and O–H groups in total. The molecule has 0 amide bonds. The van der Waals surface area contributed by atoms with Gasteiger partial charge in [-0.1, -0.05) is 24.3 Å². The number of hydrogen-bond acceptors (Lipinski definition) is 3. The maximum absolute atomic E-state index is 11.9. The Morgan fingerprint density at radius 2 is 1.25 bits per heavy atom. The van der Waals surface area contributed by atoms with Crippen molar-refractivity contribution in [3.63, 3.8) is 0 Å². The molecule has 0 saturated carbocycles. The Kier molecular flexibility index (Phi) is 3.18. The third kappa shape index (κ3) is 2.39. The average Bonchev–Trinajstić information content (AvgIpc) is 2.73.